The summed E-state index contributed by atoms with van der Waals surface area (Å²) >= 11 is 0. The minimum atomic E-state index is 0. The van der Waals surface area contributed by atoms with E-state index in [1.54, 1.807) is 6.20 Å². The van der Waals surface area contributed by atoms with Crippen LogP contribution in [0.4, 0.5) is 0 Å². The molecule has 0 saturated heterocycles. The molecule has 0 unspecified atom stereocenters. The third-order valence-electron chi connectivity index (χ3n) is 4.11. The van der Waals surface area contributed by atoms with Crippen LogP contribution in [0.2, 0.25) is 0 Å². The molecule has 1 heterocycles. The van der Waals surface area contributed by atoms with E-state index in [-0.39, 0.29) is 24.0 Å². The van der Waals surface area contributed by atoms with Crippen molar-refractivity contribution in [2.45, 2.75) is 58.6 Å². The van der Waals surface area contributed by atoms with E-state index in [0.29, 0.717) is 18.5 Å². The standard InChI is InChI=1S/C19H32N4O2.HI/c1-3-20-19(22-11-7-13-24-4-2)23-15-16-10-12-21-18(14-16)25-17-8-5-6-9-17;/h10,12,14,17H,3-9,11,13,15H2,1-2H3,(H2,20,22,23);1H. The molecule has 1 aromatic heterocycles. The fourth-order valence-corrected chi connectivity index (χ4v) is 2.83. The highest BCUT2D eigenvalue weighted by atomic mass is 127. The molecule has 0 aromatic carbocycles. The summed E-state index contributed by atoms with van der Waals surface area (Å²) in [5.74, 6) is 1.54. The van der Waals surface area contributed by atoms with Gasteiger partial charge in [0.2, 0.25) is 5.88 Å². The summed E-state index contributed by atoms with van der Waals surface area (Å²) in [6.07, 6.45) is 7.90. The molecule has 1 saturated carbocycles. The Labute approximate surface area is 174 Å². The second-order valence-electron chi connectivity index (χ2n) is 6.20. The molecule has 0 amide bonds. The molecule has 0 radical (unpaired) electrons. The van der Waals surface area contributed by atoms with E-state index in [2.05, 4.69) is 27.5 Å². The van der Waals surface area contributed by atoms with Crippen LogP contribution in [-0.2, 0) is 11.3 Å². The number of rotatable bonds is 10. The van der Waals surface area contributed by atoms with E-state index >= 15 is 0 Å². The zero-order chi connectivity index (χ0) is 17.7. The average Bonchev–Trinajstić information content (AvgIpc) is 3.13. The van der Waals surface area contributed by atoms with Crippen molar-refractivity contribution in [1.29, 1.82) is 0 Å². The lowest BCUT2D eigenvalue weighted by atomic mass is 10.2. The van der Waals surface area contributed by atoms with Crippen LogP contribution >= 0.6 is 24.0 Å². The number of nitrogens with zero attached hydrogens (tertiary/aromatic N) is 2. The third kappa shape index (κ3) is 9.02. The van der Waals surface area contributed by atoms with Crippen LogP contribution in [0.1, 0.15) is 51.5 Å². The summed E-state index contributed by atoms with van der Waals surface area (Å²) in [6, 6.07) is 3.99. The molecule has 6 nitrogen and oxygen atoms in total. The first kappa shape index (κ1) is 23.0. The van der Waals surface area contributed by atoms with Crippen LogP contribution in [0.5, 0.6) is 5.88 Å². The molecule has 2 rings (SSSR count). The van der Waals surface area contributed by atoms with Crippen molar-refractivity contribution in [1.82, 2.24) is 15.6 Å². The summed E-state index contributed by atoms with van der Waals surface area (Å²) in [4.78, 5) is 8.97. The number of halogens is 1. The number of hydrogen-bond donors (Lipinski definition) is 2. The molecule has 0 bridgehead atoms. The molecule has 1 aliphatic carbocycles. The molecule has 7 heteroatoms. The molecule has 148 valence electrons. The molecule has 1 fully saturated rings. The highest BCUT2D eigenvalue weighted by molar-refractivity contribution is 14.0. The van der Waals surface area contributed by atoms with Gasteiger partial charge in [-0.3, -0.25) is 0 Å². The Morgan fingerprint density at radius 1 is 1.27 bits per heavy atom. The summed E-state index contributed by atoms with van der Waals surface area (Å²) < 4.78 is 11.3. The Bertz CT molecular complexity index is 522. The first-order chi connectivity index (χ1) is 12.3. The van der Waals surface area contributed by atoms with Crippen molar-refractivity contribution in [3.8, 4) is 5.88 Å². The van der Waals surface area contributed by atoms with Gasteiger partial charge < -0.3 is 20.1 Å². The van der Waals surface area contributed by atoms with Gasteiger partial charge in [-0.15, -0.1) is 24.0 Å². The summed E-state index contributed by atoms with van der Waals surface area (Å²) in [7, 11) is 0. The maximum absolute atomic E-state index is 5.97. The fourth-order valence-electron chi connectivity index (χ4n) is 2.83. The minimum Gasteiger partial charge on any atom is -0.474 e. The van der Waals surface area contributed by atoms with Gasteiger partial charge in [-0.05, 0) is 57.6 Å². The lowest BCUT2D eigenvalue weighted by molar-refractivity contribution is 0.145. The molecule has 2 N–H and O–H groups in total. The van der Waals surface area contributed by atoms with Gasteiger partial charge in [-0.2, -0.15) is 0 Å². The molecular formula is C19H33IN4O2. The first-order valence-corrected chi connectivity index (χ1v) is 9.53. The second kappa shape index (κ2) is 14.0. The zero-order valence-electron chi connectivity index (χ0n) is 16.0. The molecule has 0 spiro atoms. The molecule has 0 atom stereocenters. The van der Waals surface area contributed by atoms with Gasteiger partial charge in [0.25, 0.3) is 0 Å². The van der Waals surface area contributed by atoms with Crippen LogP contribution in [0.3, 0.4) is 0 Å². The Kier molecular flexibility index (Phi) is 12.4. The van der Waals surface area contributed by atoms with Gasteiger partial charge in [0.05, 0.1) is 6.54 Å². The number of aromatic nitrogens is 1. The average molecular weight is 476 g/mol. The Morgan fingerprint density at radius 2 is 2.08 bits per heavy atom. The van der Waals surface area contributed by atoms with Gasteiger partial charge in [0.1, 0.15) is 6.10 Å². The van der Waals surface area contributed by atoms with Crippen molar-refractivity contribution in [3.63, 3.8) is 0 Å². The van der Waals surface area contributed by atoms with Crippen molar-refractivity contribution >= 4 is 29.9 Å². The topological polar surface area (TPSA) is 67.8 Å². The SMILES string of the molecule is CCNC(=NCc1ccnc(OC2CCCC2)c1)NCCCOCC.I. The van der Waals surface area contributed by atoms with Crippen LogP contribution in [0, 0.1) is 0 Å². The molecule has 26 heavy (non-hydrogen) atoms. The van der Waals surface area contributed by atoms with Crippen LogP contribution < -0.4 is 15.4 Å². The van der Waals surface area contributed by atoms with Crippen molar-refractivity contribution in [2.24, 2.45) is 4.99 Å². The van der Waals surface area contributed by atoms with Gasteiger partial charge >= 0.3 is 0 Å². The number of nitrogens with one attached hydrogen (secondary N) is 2. The van der Waals surface area contributed by atoms with Gasteiger partial charge in [-0.1, -0.05) is 0 Å². The lowest BCUT2D eigenvalue weighted by Crippen LogP contribution is -2.38. The predicted octanol–water partition coefficient (Wildman–Crippen LogP) is 3.50. The number of ether oxygens (including phenoxy) is 2. The summed E-state index contributed by atoms with van der Waals surface area (Å²) in [5.41, 5.74) is 1.11. The highest BCUT2D eigenvalue weighted by Gasteiger charge is 2.16. The zero-order valence-corrected chi connectivity index (χ0v) is 18.3. The van der Waals surface area contributed by atoms with E-state index in [4.69, 9.17) is 9.47 Å². The molecule has 0 aliphatic heterocycles. The Balaban J connectivity index is 0.00000338. The van der Waals surface area contributed by atoms with Crippen molar-refractivity contribution < 1.29 is 9.47 Å². The number of aliphatic imine (C=N–C) groups is 1. The molecular weight excluding hydrogens is 443 g/mol. The molecule has 1 aliphatic rings. The fraction of sp³-hybridized carbons (Fsp3) is 0.684. The largest absolute Gasteiger partial charge is 0.474 e. The van der Waals surface area contributed by atoms with E-state index < -0.39 is 0 Å². The van der Waals surface area contributed by atoms with Crippen LogP contribution in [0.25, 0.3) is 0 Å². The monoisotopic (exact) mass is 476 g/mol. The molecule has 1 aromatic rings. The lowest BCUT2D eigenvalue weighted by Gasteiger charge is -2.13. The maximum Gasteiger partial charge on any atom is 0.213 e. The number of hydrogen-bond acceptors (Lipinski definition) is 4. The van der Waals surface area contributed by atoms with Crippen molar-refractivity contribution in [2.75, 3.05) is 26.3 Å². The number of guanidine groups is 1. The van der Waals surface area contributed by atoms with E-state index in [0.717, 1.165) is 57.1 Å². The second-order valence-corrected chi connectivity index (χ2v) is 6.20. The van der Waals surface area contributed by atoms with Gasteiger partial charge in [0, 0.05) is 38.6 Å². The number of pyridine rings is 1. The van der Waals surface area contributed by atoms with E-state index in [1.807, 2.05) is 19.1 Å². The van der Waals surface area contributed by atoms with E-state index in [1.165, 1.54) is 12.8 Å². The third-order valence-corrected chi connectivity index (χ3v) is 4.11. The normalized spacial score (nSPS) is 14.8. The summed E-state index contributed by atoms with van der Waals surface area (Å²) in [6.45, 7) is 7.90. The predicted molar refractivity (Wildman–Crippen MR) is 116 cm³/mol. The Hall–Kier alpha value is -1.09. The van der Waals surface area contributed by atoms with Gasteiger partial charge in [0.15, 0.2) is 5.96 Å². The van der Waals surface area contributed by atoms with Gasteiger partial charge in [-0.25, -0.2) is 9.98 Å². The van der Waals surface area contributed by atoms with E-state index in [9.17, 15) is 0 Å². The minimum absolute atomic E-state index is 0. The maximum atomic E-state index is 5.97. The summed E-state index contributed by atoms with van der Waals surface area (Å²) in [5, 5.41) is 6.60. The van der Waals surface area contributed by atoms with Crippen LogP contribution in [-0.4, -0.2) is 43.4 Å². The quantitative estimate of drug-likeness (QED) is 0.234. The smallest absolute Gasteiger partial charge is 0.213 e. The Morgan fingerprint density at radius 3 is 2.81 bits per heavy atom. The highest BCUT2D eigenvalue weighted by Crippen LogP contribution is 2.23. The van der Waals surface area contributed by atoms with Crippen LogP contribution in [0.15, 0.2) is 23.3 Å². The van der Waals surface area contributed by atoms with Crippen molar-refractivity contribution in [3.05, 3.63) is 23.9 Å². The first-order valence-electron chi connectivity index (χ1n) is 9.53.